The number of rotatable bonds is 5. The average molecular weight is 145 g/mol. The lowest BCUT2D eigenvalue weighted by Crippen LogP contribution is -2.19. The van der Waals surface area contributed by atoms with Crippen LogP contribution in [0.4, 0.5) is 0 Å². The van der Waals surface area contributed by atoms with Gasteiger partial charge in [-0.15, -0.1) is 0 Å². The molecule has 0 aliphatic carbocycles. The van der Waals surface area contributed by atoms with Crippen LogP contribution in [-0.4, -0.2) is 16.3 Å². The Kier molecular flexibility index (Phi) is 5.64. The maximum atomic E-state index is 9.32. The zero-order chi connectivity index (χ0) is 7.98. The Morgan fingerprint density at radius 2 is 2.00 bits per heavy atom. The van der Waals surface area contributed by atoms with Crippen LogP contribution in [-0.2, 0) is 0 Å². The molecule has 1 radical (unpaired) electrons. The highest BCUT2D eigenvalue weighted by Gasteiger charge is 2.14. The van der Waals surface area contributed by atoms with Gasteiger partial charge in [-0.3, -0.25) is 0 Å². The Balaban J connectivity index is 3.53. The van der Waals surface area contributed by atoms with E-state index in [9.17, 15) is 5.11 Å². The topological polar surface area (TPSA) is 40.5 Å². The van der Waals surface area contributed by atoms with Gasteiger partial charge < -0.3 is 10.2 Å². The molecule has 0 spiro atoms. The molecule has 61 valence electrons. The smallest absolute Gasteiger partial charge is 0.0855 e. The molecule has 10 heavy (non-hydrogen) atoms. The van der Waals surface area contributed by atoms with Crippen molar-refractivity contribution in [1.29, 1.82) is 0 Å². The molecule has 0 aromatic carbocycles. The predicted octanol–water partition coefficient (Wildman–Crippen LogP) is 1.71. The van der Waals surface area contributed by atoms with Gasteiger partial charge in [-0.05, 0) is 12.8 Å². The third-order valence-corrected chi connectivity index (χ3v) is 1.74. The minimum atomic E-state index is -0.361. The lowest BCUT2D eigenvalue weighted by molar-refractivity contribution is 0.0859. The fraction of sp³-hybridized carbons (Fsp3) is 0.875. The molecule has 2 atom stereocenters. The second-order valence-corrected chi connectivity index (χ2v) is 2.58. The van der Waals surface area contributed by atoms with Crippen LogP contribution in [0.3, 0.4) is 0 Å². The van der Waals surface area contributed by atoms with Crippen LogP contribution in [0.2, 0.25) is 0 Å². The molecular formula is C8H17O2. The Hall–Kier alpha value is -0.0800. The minimum Gasteiger partial charge on any atom is -0.393 e. The zero-order valence-electron chi connectivity index (χ0n) is 6.75. The summed E-state index contributed by atoms with van der Waals surface area (Å²) in [6.07, 6.45) is 2.18. The van der Waals surface area contributed by atoms with E-state index in [2.05, 4.69) is 0 Å². The summed E-state index contributed by atoms with van der Waals surface area (Å²) in [5.41, 5.74) is 0. The Labute approximate surface area is 62.9 Å². The monoisotopic (exact) mass is 145 g/mol. The first-order valence-corrected chi connectivity index (χ1v) is 3.91. The van der Waals surface area contributed by atoms with E-state index in [-0.39, 0.29) is 12.0 Å². The van der Waals surface area contributed by atoms with Crippen molar-refractivity contribution >= 4 is 0 Å². The molecule has 0 bridgehead atoms. The number of aliphatic hydroxyl groups excluding tert-OH is 2. The molecule has 2 unspecified atom stereocenters. The van der Waals surface area contributed by atoms with Crippen LogP contribution in [0.5, 0.6) is 0 Å². The van der Waals surface area contributed by atoms with E-state index in [0.717, 1.165) is 25.9 Å². The van der Waals surface area contributed by atoms with Gasteiger partial charge >= 0.3 is 0 Å². The highest BCUT2D eigenvalue weighted by molar-refractivity contribution is 4.72. The third kappa shape index (κ3) is 3.18. The molecule has 0 rings (SSSR count). The van der Waals surface area contributed by atoms with E-state index in [1.807, 2.05) is 13.8 Å². The van der Waals surface area contributed by atoms with Crippen molar-refractivity contribution in [1.82, 2.24) is 0 Å². The van der Waals surface area contributed by atoms with E-state index in [4.69, 9.17) is 5.11 Å². The summed E-state index contributed by atoms with van der Waals surface area (Å²) in [6, 6.07) is 0. The largest absolute Gasteiger partial charge is 0.393 e. The number of hydrogen-bond donors (Lipinski definition) is 2. The SMILES string of the molecule is CCCC(O)C([CH]O)CC. The first-order chi connectivity index (χ1) is 4.76. The molecule has 0 aromatic rings. The summed E-state index contributed by atoms with van der Waals surface area (Å²) in [5.74, 6) is -0.0417. The van der Waals surface area contributed by atoms with Gasteiger partial charge in [0.15, 0.2) is 0 Å². The molecule has 0 aliphatic rings. The van der Waals surface area contributed by atoms with Crippen molar-refractivity contribution in [3.8, 4) is 0 Å². The fourth-order valence-electron chi connectivity index (χ4n) is 0.987. The molecular weight excluding hydrogens is 128 g/mol. The van der Waals surface area contributed by atoms with Gasteiger partial charge in [-0.2, -0.15) is 0 Å². The van der Waals surface area contributed by atoms with Crippen LogP contribution in [0, 0.1) is 12.5 Å². The van der Waals surface area contributed by atoms with E-state index >= 15 is 0 Å². The zero-order valence-corrected chi connectivity index (χ0v) is 6.75. The molecule has 0 heterocycles. The summed E-state index contributed by atoms with van der Waals surface area (Å²) in [6.45, 7) is 5.07. The molecule has 2 heteroatoms. The first-order valence-electron chi connectivity index (χ1n) is 3.91. The molecule has 0 aliphatic heterocycles. The van der Waals surface area contributed by atoms with Gasteiger partial charge in [0.2, 0.25) is 0 Å². The quantitative estimate of drug-likeness (QED) is 0.618. The minimum absolute atomic E-state index is 0.0417. The normalized spacial score (nSPS) is 16.8. The van der Waals surface area contributed by atoms with Crippen LogP contribution >= 0.6 is 0 Å². The van der Waals surface area contributed by atoms with E-state index < -0.39 is 0 Å². The summed E-state index contributed by atoms with van der Waals surface area (Å²) in [4.78, 5) is 0. The van der Waals surface area contributed by atoms with Crippen LogP contribution in [0.25, 0.3) is 0 Å². The van der Waals surface area contributed by atoms with Crippen molar-refractivity contribution < 1.29 is 10.2 Å². The molecule has 0 saturated carbocycles. The predicted molar refractivity (Wildman–Crippen MR) is 40.9 cm³/mol. The maximum absolute atomic E-state index is 9.32. The lowest BCUT2D eigenvalue weighted by Gasteiger charge is -2.17. The summed E-state index contributed by atoms with van der Waals surface area (Å²) < 4.78 is 0. The second kappa shape index (κ2) is 5.69. The van der Waals surface area contributed by atoms with Crippen molar-refractivity contribution in [2.45, 2.75) is 39.2 Å². The summed E-state index contributed by atoms with van der Waals surface area (Å²) in [7, 11) is 0. The Morgan fingerprint density at radius 3 is 2.30 bits per heavy atom. The van der Waals surface area contributed by atoms with E-state index in [0.29, 0.717) is 0 Å². The fourth-order valence-corrected chi connectivity index (χ4v) is 0.987. The first kappa shape index (κ1) is 9.92. The van der Waals surface area contributed by atoms with Crippen molar-refractivity contribution in [2.24, 2.45) is 5.92 Å². The molecule has 0 amide bonds. The van der Waals surface area contributed by atoms with Gasteiger partial charge in [0.25, 0.3) is 0 Å². The van der Waals surface area contributed by atoms with Crippen LogP contribution in [0.15, 0.2) is 0 Å². The van der Waals surface area contributed by atoms with Crippen LogP contribution in [0.1, 0.15) is 33.1 Å². The Morgan fingerprint density at radius 1 is 1.40 bits per heavy atom. The molecule has 2 nitrogen and oxygen atoms in total. The average Bonchev–Trinajstić information content (AvgIpc) is 1.91. The molecule has 2 N–H and O–H groups in total. The third-order valence-electron chi connectivity index (χ3n) is 1.74. The maximum Gasteiger partial charge on any atom is 0.0855 e. The summed E-state index contributed by atoms with van der Waals surface area (Å²) >= 11 is 0. The number of hydrogen-bond acceptors (Lipinski definition) is 2. The van der Waals surface area contributed by atoms with Crippen molar-refractivity contribution in [3.63, 3.8) is 0 Å². The highest BCUT2D eigenvalue weighted by Crippen LogP contribution is 2.14. The van der Waals surface area contributed by atoms with Crippen molar-refractivity contribution in [3.05, 3.63) is 6.61 Å². The van der Waals surface area contributed by atoms with Gasteiger partial charge in [0.1, 0.15) is 0 Å². The molecule has 0 fully saturated rings. The Bertz CT molecular complexity index is 69.7. The second-order valence-electron chi connectivity index (χ2n) is 2.58. The van der Waals surface area contributed by atoms with Gasteiger partial charge in [-0.25, -0.2) is 0 Å². The van der Waals surface area contributed by atoms with Gasteiger partial charge in [0, 0.05) is 5.92 Å². The van der Waals surface area contributed by atoms with E-state index in [1.165, 1.54) is 0 Å². The van der Waals surface area contributed by atoms with Gasteiger partial charge in [-0.1, -0.05) is 20.3 Å². The summed E-state index contributed by atoms with van der Waals surface area (Å²) in [5, 5.41) is 18.0. The van der Waals surface area contributed by atoms with Gasteiger partial charge in [0.05, 0.1) is 12.7 Å². The van der Waals surface area contributed by atoms with E-state index in [1.54, 1.807) is 0 Å². The highest BCUT2D eigenvalue weighted by atomic mass is 16.3. The standard InChI is InChI=1S/C8H17O2/c1-3-5-8(10)7(4-2)6-9/h6-10H,3-5H2,1-2H3. The number of aliphatic hydroxyl groups is 2. The molecule has 0 saturated heterocycles. The van der Waals surface area contributed by atoms with Crippen LogP contribution < -0.4 is 0 Å². The lowest BCUT2D eigenvalue weighted by atomic mass is 9.97. The van der Waals surface area contributed by atoms with Crippen molar-refractivity contribution in [2.75, 3.05) is 0 Å². The molecule has 0 aromatic heterocycles.